The van der Waals surface area contributed by atoms with Gasteiger partial charge >= 0.3 is 0 Å². The first-order chi connectivity index (χ1) is 12.2. The summed E-state index contributed by atoms with van der Waals surface area (Å²) < 4.78 is 0. The van der Waals surface area contributed by atoms with Crippen molar-refractivity contribution in [3.05, 3.63) is 48.0 Å². The van der Waals surface area contributed by atoms with E-state index in [1.807, 2.05) is 0 Å². The second kappa shape index (κ2) is 6.98. The van der Waals surface area contributed by atoms with Gasteiger partial charge in [0.2, 0.25) is 0 Å². The topological polar surface area (TPSA) is 31.4 Å². The fourth-order valence-electron chi connectivity index (χ4n) is 3.61. The zero-order chi connectivity index (χ0) is 17.2. The summed E-state index contributed by atoms with van der Waals surface area (Å²) >= 11 is 0. The number of aryl methyl sites for hydroxylation is 1. The Morgan fingerprint density at radius 2 is 1.72 bits per heavy atom. The van der Waals surface area contributed by atoms with Crippen LogP contribution in [0.5, 0.6) is 0 Å². The van der Waals surface area contributed by atoms with E-state index < -0.39 is 0 Å². The maximum Gasteiger partial charge on any atom is 0.0730 e. The van der Waals surface area contributed by atoms with E-state index in [0.29, 0.717) is 0 Å². The van der Waals surface area contributed by atoms with Gasteiger partial charge in [0.15, 0.2) is 0 Å². The number of benzene rings is 2. The molecule has 4 nitrogen and oxygen atoms in total. The van der Waals surface area contributed by atoms with Gasteiger partial charge in [-0.1, -0.05) is 29.8 Å². The normalized spacial score (nSPS) is 16.6. The van der Waals surface area contributed by atoms with E-state index in [0.717, 1.165) is 37.2 Å². The van der Waals surface area contributed by atoms with Crippen LogP contribution in [0.3, 0.4) is 0 Å². The van der Waals surface area contributed by atoms with E-state index in [-0.39, 0.29) is 0 Å². The summed E-state index contributed by atoms with van der Waals surface area (Å²) in [6.07, 6.45) is 0. The van der Waals surface area contributed by atoms with E-state index in [2.05, 4.69) is 71.6 Å². The molecular weight excluding hydrogens is 308 g/mol. The van der Waals surface area contributed by atoms with Crippen LogP contribution < -0.4 is 5.32 Å². The number of nitrogens with zero attached hydrogens (tertiary/aromatic N) is 3. The zero-order valence-electron chi connectivity index (χ0n) is 15.1. The molecule has 4 heteroatoms. The van der Waals surface area contributed by atoms with Gasteiger partial charge in [0, 0.05) is 50.0 Å². The van der Waals surface area contributed by atoms with Gasteiger partial charge in [-0.2, -0.15) is 0 Å². The summed E-state index contributed by atoms with van der Waals surface area (Å²) in [5, 5.41) is 6.15. The summed E-state index contributed by atoms with van der Waals surface area (Å²) in [5.74, 6) is 0. The first kappa shape index (κ1) is 16.3. The van der Waals surface area contributed by atoms with E-state index in [4.69, 9.17) is 4.98 Å². The molecular formula is C21H26N4. The molecule has 130 valence electrons. The van der Waals surface area contributed by atoms with E-state index >= 15 is 0 Å². The van der Waals surface area contributed by atoms with Crippen LogP contribution in [0.2, 0.25) is 0 Å². The van der Waals surface area contributed by atoms with Crippen LogP contribution in [0, 0.1) is 6.92 Å². The molecule has 25 heavy (non-hydrogen) atoms. The Balaban J connectivity index is 1.61. The Morgan fingerprint density at radius 3 is 2.56 bits per heavy atom. The molecule has 1 saturated heterocycles. The van der Waals surface area contributed by atoms with Crippen molar-refractivity contribution >= 4 is 27.5 Å². The van der Waals surface area contributed by atoms with Gasteiger partial charge in [-0.15, -0.1) is 0 Å². The Labute approximate surface area is 149 Å². The molecule has 1 aliphatic heterocycles. The number of aromatic nitrogens is 1. The molecule has 4 rings (SSSR count). The molecule has 1 aliphatic rings. The second-order valence-electron chi connectivity index (χ2n) is 7.10. The average molecular weight is 334 g/mol. The molecule has 0 spiro atoms. The molecule has 1 fully saturated rings. The highest BCUT2D eigenvalue weighted by atomic mass is 15.2. The molecule has 0 unspecified atom stereocenters. The van der Waals surface area contributed by atoms with Crippen molar-refractivity contribution in [1.29, 1.82) is 0 Å². The third-order valence-electron chi connectivity index (χ3n) is 5.16. The third-order valence-corrected chi connectivity index (χ3v) is 5.16. The lowest BCUT2D eigenvalue weighted by Crippen LogP contribution is -2.45. The van der Waals surface area contributed by atoms with Crippen LogP contribution in [0.4, 0.5) is 5.69 Å². The van der Waals surface area contributed by atoms with Gasteiger partial charge in [-0.3, -0.25) is 4.90 Å². The molecule has 2 aromatic carbocycles. The monoisotopic (exact) mass is 334 g/mol. The number of hydrogen-bond donors (Lipinski definition) is 1. The molecule has 0 bridgehead atoms. The number of rotatable bonds is 4. The standard InChI is InChI=1S/C21H26N4/c1-16-7-8-20-18(15-16)21(17-5-3-4-6-19(17)23-20)22-9-10-25-13-11-24(2)12-14-25/h3-8,15H,9-14H2,1-2H3,(H,22,23). The molecule has 2 heterocycles. The predicted octanol–water partition coefficient (Wildman–Crippen LogP) is 3.36. The summed E-state index contributed by atoms with van der Waals surface area (Å²) in [6.45, 7) is 8.84. The number of para-hydroxylation sites is 1. The van der Waals surface area contributed by atoms with Gasteiger partial charge in [0.05, 0.1) is 16.7 Å². The maximum atomic E-state index is 4.83. The van der Waals surface area contributed by atoms with E-state index in [1.54, 1.807) is 0 Å². The lowest BCUT2D eigenvalue weighted by Gasteiger charge is -2.32. The van der Waals surface area contributed by atoms with Gasteiger partial charge in [0.1, 0.15) is 0 Å². The average Bonchev–Trinajstić information content (AvgIpc) is 2.63. The van der Waals surface area contributed by atoms with Crippen LogP contribution >= 0.6 is 0 Å². The van der Waals surface area contributed by atoms with Gasteiger partial charge in [0.25, 0.3) is 0 Å². The Kier molecular flexibility index (Phi) is 4.55. The van der Waals surface area contributed by atoms with Crippen molar-refractivity contribution in [2.45, 2.75) is 6.92 Å². The highest BCUT2D eigenvalue weighted by Gasteiger charge is 2.14. The largest absolute Gasteiger partial charge is 0.383 e. The maximum absolute atomic E-state index is 4.83. The third kappa shape index (κ3) is 3.46. The van der Waals surface area contributed by atoms with Crippen LogP contribution in [0.15, 0.2) is 42.5 Å². The minimum atomic E-state index is 0.959. The number of likely N-dealkylation sites (N-methyl/N-ethyl adjacent to an activating group) is 1. The van der Waals surface area contributed by atoms with Crippen molar-refractivity contribution in [2.24, 2.45) is 0 Å². The highest BCUT2D eigenvalue weighted by molar-refractivity contribution is 6.07. The van der Waals surface area contributed by atoms with E-state index in [1.165, 1.54) is 35.1 Å². The first-order valence-electron chi connectivity index (χ1n) is 9.14. The minimum absolute atomic E-state index is 0.959. The number of anilines is 1. The summed E-state index contributed by atoms with van der Waals surface area (Å²) in [7, 11) is 2.20. The molecule has 0 radical (unpaired) electrons. The van der Waals surface area contributed by atoms with Crippen molar-refractivity contribution in [3.8, 4) is 0 Å². The van der Waals surface area contributed by atoms with Crippen molar-refractivity contribution in [2.75, 3.05) is 51.6 Å². The molecule has 1 aromatic heterocycles. The fourth-order valence-corrected chi connectivity index (χ4v) is 3.61. The Morgan fingerprint density at radius 1 is 0.960 bits per heavy atom. The van der Waals surface area contributed by atoms with Gasteiger partial charge in [-0.05, 0) is 32.2 Å². The van der Waals surface area contributed by atoms with Crippen LogP contribution in [-0.2, 0) is 0 Å². The van der Waals surface area contributed by atoms with E-state index in [9.17, 15) is 0 Å². The number of pyridine rings is 1. The van der Waals surface area contributed by atoms with Crippen LogP contribution in [0.1, 0.15) is 5.56 Å². The smallest absolute Gasteiger partial charge is 0.0730 e. The predicted molar refractivity (Wildman–Crippen MR) is 106 cm³/mol. The second-order valence-corrected chi connectivity index (χ2v) is 7.10. The quantitative estimate of drug-likeness (QED) is 0.742. The fraction of sp³-hybridized carbons (Fsp3) is 0.381. The summed E-state index contributed by atoms with van der Waals surface area (Å²) in [6, 6.07) is 14.9. The summed E-state index contributed by atoms with van der Waals surface area (Å²) in [5.41, 5.74) is 4.61. The van der Waals surface area contributed by atoms with Gasteiger partial charge in [-0.25, -0.2) is 4.98 Å². The lowest BCUT2D eigenvalue weighted by atomic mass is 10.1. The number of piperazine rings is 1. The summed E-state index contributed by atoms with van der Waals surface area (Å²) in [4.78, 5) is 9.77. The number of nitrogens with one attached hydrogen (secondary N) is 1. The molecule has 0 atom stereocenters. The van der Waals surface area contributed by atoms with Crippen LogP contribution in [-0.4, -0.2) is 61.1 Å². The Bertz CT molecular complexity index is 882. The molecule has 1 N–H and O–H groups in total. The van der Waals surface area contributed by atoms with Crippen molar-refractivity contribution in [3.63, 3.8) is 0 Å². The molecule has 0 aliphatic carbocycles. The Hall–Kier alpha value is -2.17. The van der Waals surface area contributed by atoms with Crippen LogP contribution in [0.25, 0.3) is 21.8 Å². The minimum Gasteiger partial charge on any atom is -0.383 e. The number of hydrogen-bond acceptors (Lipinski definition) is 4. The zero-order valence-corrected chi connectivity index (χ0v) is 15.1. The SMILES string of the molecule is Cc1ccc2nc3ccccc3c(NCCN3CCN(C)CC3)c2c1. The number of fused-ring (bicyclic) bond motifs is 2. The molecule has 0 amide bonds. The van der Waals surface area contributed by atoms with Crippen molar-refractivity contribution in [1.82, 2.24) is 14.8 Å². The van der Waals surface area contributed by atoms with Gasteiger partial charge < -0.3 is 10.2 Å². The lowest BCUT2D eigenvalue weighted by molar-refractivity contribution is 0.158. The van der Waals surface area contributed by atoms with Crippen molar-refractivity contribution < 1.29 is 0 Å². The molecule has 3 aromatic rings. The molecule has 0 saturated carbocycles. The first-order valence-corrected chi connectivity index (χ1v) is 9.14. The highest BCUT2D eigenvalue weighted by Crippen LogP contribution is 2.31.